The fourth-order valence-electron chi connectivity index (χ4n) is 2.10. The molecule has 0 heterocycles. The average Bonchev–Trinajstić information content (AvgIpc) is 2.63. The Morgan fingerprint density at radius 3 is 2.52 bits per heavy atom. The normalized spacial score (nSPS) is 10.9. The SMILES string of the molecule is CCCCOc1c(OCC)cc(C=NNc2ccccc2)c(Br)c1Br. The molecule has 0 saturated carbocycles. The number of anilines is 1. The molecule has 0 aliphatic carbocycles. The summed E-state index contributed by atoms with van der Waals surface area (Å²) in [7, 11) is 0. The van der Waals surface area contributed by atoms with Crippen molar-refractivity contribution in [1.82, 2.24) is 0 Å². The lowest BCUT2D eigenvalue weighted by Gasteiger charge is -2.16. The van der Waals surface area contributed by atoms with Gasteiger partial charge in [-0.3, -0.25) is 5.43 Å². The van der Waals surface area contributed by atoms with Crippen LogP contribution in [0.3, 0.4) is 0 Å². The van der Waals surface area contributed by atoms with Gasteiger partial charge in [0.2, 0.25) is 0 Å². The zero-order valence-electron chi connectivity index (χ0n) is 14.4. The van der Waals surface area contributed by atoms with Gasteiger partial charge >= 0.3 is 0 Å². The molecule has 1 N–H and O–H groups in total. The van der Waals surface area contributed by atoms with Crippen LogP contribution in [0.1, 0.15) is 32.3 Å². The Balaban J connectivity index is 2.22. The van der Waals surface area contributed by atoms with E-state index in [4.69, 9.17) is 9.47 Å². The molecule has 0 aliphatic rings. The Morgan fingerprint density at radius 2 is 1.84 bits per heavy atom. The molecule has 0 spiro atoms. The molecule has 0 amide bonds. The van der Waals surface area contributed by atoms with Crippen LogP contribution in [0.5, 0.6) is 11.5 Å². The van der Waals surface area contributed by atoms with E-state index in [1.165, 1.54) is 0 Å². The smallest absolute Gasteiger partial charge is 0.176 e. The van der Waals surface area contributed by atoms with E-state index in [0.717, 1.165) is 38.8 Å². The fraction of sp³-hybridized carbons (Fsp3) is 0.316. The molecule has 0 saturated heterocycles. The standard InChI is InChI=1S/C19H22Br2N2O2/c1-3-5-11-25-19-16(24-4-2)12-14(17(20)18(19)21)13-22-23-15-9-7-6-8-10-15/h6-10,12-13,23H,3-5,11H2,1-2H3. The number of nitrogens with zero attached hydrogens (tertiary/aromatic N) is 1. The van der Waals surface area contributed by atoms with Crippen LogP contribution >= 0.6 is 31.9 Å². The van der Waals surface area contributed by atoms with E-state index in [1.807, 2.05) is 43.3 Å². The molecule has 0 unspecified atom stereocenters. The quantitative estimate of drug-likeness (QED) is 0.268. The predicted octanol–water partition coefficient (Wildman–Crippen LogP) is 6.24. The van der Waals surface area contributed by atoms with E-state index in [2.05, 4.69) is 49.3 Å². The van der Waals surface area contributed by atoms with Gasteiger partial charge in [-0.2, -0.15) is 5.10 Å². The number of nitrogens with one attached hydrogen (secondary N) is 1. The number of unbranched alkanes of at least 4 members (excludes halogenated alkanes) is 1. The maximum atomic E-state index is 5.91. The van der Waals surface area contributed by atoms with Gasteiger partial charge in [-0.05, 0) is 63.4 Å². The Kier molecular flexibility index (Phi) is 8.28. The maximum absolute atomic E-state index is 5.91. The van der Waals surface area contributed by atoms with Crippen molar-refractivity contribution in [3.63, 3.8) is 0 Å². The van der Waals surface area contributed by atoms with Crippen LogP contribution in [-0.2, 0) is 0 Å². The number of hydrogen-bond donors (Lipinski definition) is 1. The van der Waals surface area contributed by atoms with Gasteiger partial charge in [0.15, 0.2) is 11.5 Å². The van der Waals surface area contributed by atoms with Crippen molar-refractivity contribution in [1.29, 1.82) is 0 Å². The van der Waals surface area contributed by atoms with Crippen LogP contribution in [-0.4, -0.2) is 19.4 Å². The summed E-state index contributed by atoms with van der Waals surface area (Å²) in [6.07, 6.45) is 3.83. The van der Waals surface area contributed by atoms with Crippen molar-refractivity contribution < 1.29 is 9.47 Å². The highest BCUT2D eigenvalue weighted by Gasteiger charge is 2.16. The van der Waals surface area contributed by atoms with Crippen molar-refractivity contribution in [2.24, 2.45) is 5.10 Å². The molecule has 6 heteroatoms. The van der Waals surface area contributed by atoms with Crippen LogP contribution in [0.2, 0.25) is 0 Å². The van der Waals surface area contributed by atoms with Gasteiger partial charge in [0.1, 0.15) is 0 Å². The summed E-state index contributed by atoms with van der Waals surface area (Å²) in [5.74, 6) is 1.42. The third kappa shape index (κ3) is 5.75. The molecular formula is C19H22Br2N2O2. The Hall–Kier alpha value is -1.53. The number of hydrogen-bond acceptors (Lipinski definition) is 4. The maximum Gasteiger partial charge on any atom is 0.176 e. The lowest BCUT2D eigenvalue weighted by Crippen LogP contribution is -2.03. The zero-order chi connectivity index (χ0) is 18.1. The van der Waals surface area contributed by atoms with Gasteiger partial charge < -0.3 is 9.47 Å². The van der Waals surface area contributed by atoms with Crippen molar-refractivity contribution in [2.75, 3.05) is 18.6 Å². The van der Waals surface area contributed by atoms with Crippen molar-refractivity contribution in [3.05, 3.63) is 50.9 Å². The molecule has 134 valence electrons. The van der Waals surface area contributed by atoms with E-state index in [-0.39, 0.29) is 0 Å². The summed E-state index contributed by atoms with van der Waals surface area (Å²) in [5.41, 5.74) is 4.83. The molecule has 0 fully saturated rings. The van der Waals surface area contributed by atoms with Gasteiger partial charge in [0.25, 0.3) is 0 Å². The second kappa shape index (κ2) is 10.5. The second-order valence-electron chi connectivity index (χ2n) is 5.29. The molecule has 4 nitrogen and oxygen atoms in total. The minimum Gasteiger partial charge on any atom is -0.490 e. The monoisotopic (exact) mass is 468 g/mol. The Labute approximate surface area is 165 Å². The first-order valence-electron chi connectivity index (χ1n) is 8.29. The summed E-state index contributed by atoms with van der Waals surface area (Å²) in [6, 6.07) is 11.7. The van der Waals surface area contributed by atoms with Gasteiger partial charge in [-0.1, -0.05) is 31.5 Å². The minimum absolute atomic E-state index is 0.567. The van der Waals surface area contributed by atoms with Gasteiger partial charge in [0, 0.05) is 10.0 Å². The largest absolute Gasteiger partial charge is 0.490 e. The molecule has 0 bridgehead atoms. The van der Waals surface area contributed by atoms with E-state index >= 15 is 0 Å². The van der Waals surface area contributed by atoms with E-state index in [0.29, 0.717) is 19.0 Å². The summed E-state index contributed by atoms with van der Waals surface area (Å²) in [4.78, 5) is 0. The molecule has 0 aromatic heterocycles. The fourth-order valence-corrected chi connectivity index (χ4v) is 3.04. The average molecular weight is 470 g/mol. The molecule has 2 rings (SSSR count). The lowest BCUT2D eigenvalue weighted by atomic mass is 10.2. The summed E-state index contributed by atoms with van der Waals surface area (Å²) < 4.78 is 13.4. The van der Waals surface area contributed by atoms with Crippen LogP contribution in [0, 0.1) is 0 Å². The van der Waals surface area contributed by atoms with Gasteiger partial charge in [0.05, 0.1) is 29.6 Å². The third-order valence-electron chi connectivity index (χ3n) is 3.37. The van der Waals surface area contributed by atoms with Gasteiger partial charge in [-0.15, -0.1) is 0 Å². The molecule has 2 aromatic rings. The molecule has 25 heavy (non-hydrogen) atoms. The molecule has 0 atom stereocenters. The first-order valence-corrected chi connectivity index (χ1v) is 9.87. The summed E-state index contributed by atoms with van der Waals surface area (Å²) in [5, 5.41) is 4.30. The number of benzene rings is 2. The molecular weight excluding hydrogens is 448 g/mol. The number of rotatable bonds is 9. The van der Waals surface area contributed by atoms with Crippen LogP contribution < -0.4 is 14.9 Å². The van der Waals surface area contributed by atoms with Crippen LogP contribution in [0.25, 0.3) is 0 Å². The lowest BCUT2D eigenvalue weighted by molar-refractivity contribution is 0.271. The Bertz CT molecular complexity index is 706. The highest BCUT2D eigenvalue weighted by molar-refractivity contribution is 9.13. The van der Waals surface area contributed by atoms with Crippen LogP contribution in [0.15, 0.2) is 50.4 Å². The van der Waals surface area contributed by atoms with Crippen molar-refractivity contribution in [2.45, 2.75) is 26.7 Å². The van der Waals surface area contributed by atoms with Crippen molar-refractivity contribution in [3.8, 4) is 11.5 Å². The first kappa shape index (κ1) is 19.8. The van der Waals surface area contributed by atoms with Gasteiger partial charge in [-0.25, -0.2) is 0 Å². The minimum atomic E-state index is 0.567. The first-order chi connectivity index (χ1) is 12.2. The Morgan fingerprint density at radius 1 is 1.08 bits per heavy atom. The highest BCUT2D eigenvalue weighted by Crippen LogP contribution is 2.42. The second-order valence-corrected chi connectivity index (χ2v) is 6.88. The van der Waals surface area contributed by atoms with E-state index in [9.17, 15) is 0 Å². The van der Waals surface area contributed by atoms with E-state index in [1.54, 1.807) is 6.21 Å². The molecule has 2 aromatic carbocycles. The van der Waals surface area contributed by atoms with Crippen LogP contribution in [0.4, 0.5) is 5.69 Å². The molecule has 0 radical (unpaired) electrons. The number of para-hydroxylation sites is 1. The van der Waals surface area contributed by atoms with Crippen molar-refractivity contribution >= 4 is 43.8 Å². The zero-order valence-corrected chi connectivity index (χ0v) is 17.6. The summed E-state index contributed by atoms with van der Waals surface area (Å²) >= 11 is 7.22. The highest BCUT2D eigenvalue weighted by atomic mass is 79.9. The third-order valence-corrected chi connectivity index (χ3v) is 5.51. The number of halogens is 2. The van der Waals surface area contributed by atoms with E-state index < -0.39 is 0 Å². The summed E-state index contributed by atoms with van der Waals surface area (Å²) in [6.45, 7) is 5.31. The molecule has 0 aliphatic heterocycles. The number of hydrazone groups is 1. The predicted molar refractivity (Wildman–Crippen MR) is 111 cm³/mol. The number of ether oxygens (including phenoxy) is 2. The topological polar surface area (TPSA) is 42.9 Å².